The average molecular weight is 338 g/mol. The Kier molecular flexibility index (Phi) is 4.77. The summed E-state index contributed by atoms with van der Waals surface area (Å²) in [5.41, 5.74) is 0.503. The average Bonchev–Trinajstić information content (AvgIpc) is 2.61. The van der Waals surface area contributed by atoms with E-state index in [2.05, 4.69) is 5.32 Å². The minimum Gasteiger partial charge on any atom is -0.350 e. The minimum absolute atomic E-state index is 0.123. The second-order valence-electron chi connectivity index (χ2n) is 6.68. The molecule has 1 aromatic rings. The number of fused-ring (bicyclic) bond motifs is 1. The van der Waals surface area contributed by atoms with Crippen LogP contribution >= 0.6 is 11.6 Å². The molecular weight excluding hydrogens is 318 g/mol. The topological polar surface area (TPSA) is 69.7 Å². The van der Waals surface area contributed by atoms with Crippen LogP contribution in [0.3, 0.4) is 0 Å². The molecule has 1 N–H and O–H groups in total. The molecule has 0 saturated heterocycles. The number of ketones is 1. The van der Waals surface area contributed by atoms with Crippen molar-refractivity contribution in [2.45, 2.75) is 26.3 Å². The molecule has 124 valence electrons. The number of benzene rings is 1. The van der Waals surface area contributed by atoms with Crippen LogP contribution < -0.4 is 10.2 Å². The lowest BCUT2D eigenvalue weighted by atomic mass is 10.1. The van der Waals surface area contributed by atoms with E-state index in [-0.39, 0.29) is 24.7 Å². The van der Waals surface area contributed by atoms with E-state index in [0.29, 0.717) is 16.3 Å². The maximum atomic E-state index is 12.1. The first-order valence-corrected chi connectivity index (χ1v) is 7.61. The number of likely N-dealkylation sites (N-methyl/N-ethyl adjacent to an activating group) is 1. The molecule has 1 aliphatic rings. The molecular formula is C16H20ClN3O3. The minimum atomic E-state index is -0.606. The molecule has 7 heteroatoms. The zero-order chi connectivity index (χ0) is 17.4. The molecule has 6 nitrogen and oxygen atoms in total. The summed E-state index contributed by atoms with van der Waals surface area (Å²) >= 11 is 5.87. The van der Waals surface area contributed by atoms with Gasteiger partial charge in [0.15, 0.2) is 0 Å². The summed E-state index contributed by atoms with van der Waals surface area (Å²) in [6.07, 6.45) is 0. The molecule has 0 unspecified atom stereocenters. The molecule has 0 radical (unpaired) electrons. The highest BCUT2D eigenvalue weighted by Crippen LogP contribution is 2.31. The number of hydrogen-bond donors (Lipinski definition) is 1. The molecule has 1 aromatic carbocycles. The zero-order valence-electron chi connectivity index (χ0n) is 13.6. The van der Waals surface area contributed by atoms with Crippen molar-refractivity contribution in [3.63, 3.8) is 0 Å². The van der Waals surface area contributed by atoms with E-state index < -0.39 is 11.7 Å². The van der Waals surface area contributed by atoms with Crippen molar-refractivity contribution in [2.24, 2.45) is 0 Å². The van der Waals surface area contributed by atoms with Gasteiger partial charge in [-0.3, -0.25) is 24.2 Å². The molecule has 1 aliphatic heterocycles. The molecule has 23 heavy (non-hydrogen) atoms. The number of nitrogens with one attached hydrogen (secondary N) is 1. The lowest BCUT2D eigenvalue weighted by Crippen LogP contribution is -2.47. The first-order chi connectivity index (χ1) is 10.6. The third-order valence-corrected chi connectivity index (χ3v) is 3.48. The molecule has 0 spiro atoms. The van der Waals surface area contributed by atoms with Gasteiger partial charge < -0.3 is 5.32 Å². The van der Waals surface area contributed by atoms with Crippen LogP contribution in [-0.2, 0) is 9.59 Å². The maximum Gasteiger partial charge on any atom is 0.300 e. The Hall–Kier alpha value is -1.92. The number of rotatable bonds is 4. The first-order valence-electron chi connectivity index (χ1n) is 7.24. The smallest absolute Gasteiger partial charge is 0.300 e. The van der Waals surface area contributed by atoms with Gasteiger partial charge in [-0.25, -0.2) is 0 Å². The van der Waals surface area contributed by atoms with Gasteiger partial charge in [0.25, 0.3) is 5.78 Å². The maximum absolute atomic E-state index is 12.1. The molecule has 2 rings (SSSR count). The van der Waals surface area contributed by atoms with Gasteiger partial charge >= 0.3 is 5.91 Å². The normalized spacial score (nSPS) is 14.4. The number of amides is 2. The summed E-state index contributed by atoms with van der Waals surface area (Å²) in [6, 6.07) is 4.76. The van der Waals surface area contributed by atoms with Gasteiger partial charge in [-0.05, 0) is 46.0 Å². The van der Waals surface area contributed by atoms with Crippen LogP contribution in [0.25, 0.3) is 0 Å². The van der Waals surface area contributed by atoms with Gasteiger partial charge in [0.2, 0.25) is 5.91 Å². The fraction of sp³-hybridized carbons (Fsp3) is 0.438. The van der Waals surface area contributed by atoms with Crippen molar-refractivity contribution in [2.75, 3.05) is 25.2 Å². The van der Waals surface area contributed by atoms with Gasteiger partial charge in [0, 0.05) is 10.6 Å². The third-order valence-electron chi connectivity index (χ3n) is 3.24. The van der Waals surface area contributed by atoms with Crippen molar-refractivity contribution in [1.82, 2.24) is 10.2 Å². The van der Waals surface area contributed by atoms with Gasteiger partial charge in [-0.2, -0.15) is 0 Å². The predicted molar refractivity (Wildman–Crippen MR) is 88.7 cm³/mol. The second-order valence-corrected chi connectivity index (χ2v) is 7.11. The van der Waals surface area contributed by atoms with Gasteiger partial charge in [0.05, 0.1) is 24.5 Å². The Morgan fingerprint density at radius 2 is 1.96 bits per heavy atom. The van der Waals surface area contributed by atoms with Crippen LogP contribution in [0.1, 0.15) is 31.1 Å². The predicted octanol–water partition coefficient (Wildman–Crippen LogP) is 1.67. The monoisotopic (exact) mass is 337 g/mol. The molecule has 1 heterocycles. The fourth-order valence-electron chi connectivity index (χ4n) is 2.41. The van der Waals surface area contributed by atoms with E-state index in [0.717, 1.165) is 0 Å². The Balaban J connectivity index is 2.07. The van der Waals surface area contributed by atoms with Crippen LogP contribution in [-0.4, -0.2) is 48.3 Å². The van der Waals surface area contributed by atoms with E-state index in [1.54, 1.807) is 24.1 Å². The van der Waals surface area contributed by atoms with Gasteiger partial charge in [-0.1, -0.05) is 11.6 Å². The van der Waals surface area contributed by atoms with E-state index in [9.17, 15) is 14.4 Å². The highest BCUT2D eigenvalue weighted by Gasteiger charge is 2.36. The highest BCUT2D eigenvalue weighted by atomic mass is 35.5. The number of hydrogen-bond acceptors (Lipinski definition) is 4. The first kappa shape index (κ1) is 17.4. The largest absolute Gasteiger partial charge is 0.350 e. The van der Waals surface area contributed by atoms with E-state index in [4.69, 9.17) is 11.6 Å². The van der Waals surface area contributed by atoms with Crippen LogP contribution in [0, 0.1) is 0 Å². The molecule has 0 bridgehead atoms. The molecule has 0 aliphatic carbocycles. The SMILES string of the molecule is CN(CC(=O)NC(C)(C)C)CN1C(=O)C(=O)c2cc(Cl)ccc21. The van der Waals surface area contributed by atoms with Crippen molar-refractivity contribution in [3.8, 4) is 0 Å². The van der Waals surface area contributed by atoms with Crippen molar-refractivity contribution in [3.05, 3.63) is 28.8 Å². The molecule has 0 aromatic heterocycles. The van der Waals surface area contributed by atoms with Gasteiger partial charge in [0.1, 0.15) is 0 Å². The molecule has 0 fully saturated rings. The van der Waals surface area contributed by atoms with Crippen LogP contribution in [0.15, 0.2) is 18.2 Å². The lowest BCUT2D eigenvalue weighted by Gasteiger charge is -2.26. The Morgan fingerprint density at radius 1 is 1.30 bits per heavy atom. The van der Waals surface area contributed by atoms with Crippen molar-refractivity contribution >= 4 is 34.9 Å². The van der Waals surface area contributed by atoms with E-state index in [1.165, 1.54) is 11.0 Å². The molecule has 0 saturated carbocycles. The fourth-order valence-corrected chi connectivity index (χ4v) is 2.58. The van der Waals surface area contributed by atoms with Crippen LogP contribution in [0.2, 0.25) is 5.02 Å². The number of Topliss-reactive ketones (excluding diaryl/α,β-unsaturated/α-hetero) is 1. The number of carbonyl (C=O) groups is 3. The molecule has 0 atom stereocenters. The Morgan fingerprint density at radius 3 is 2.57 bits per heavy atom. The van der Waals surface area contributed by atoms with E-state index in [1.807, 2.05) is 20.8 Å². The second kappa shape index (κ2) is 6.29. The summed E-state index contributed by atoms with van der Waals surface area (Å²) < 4.78 is 0. The summed E-state index contributed by atoms with van der Waals surface area (Å²) in [5, 5.41) is 3.26. The van der Waals surface area contributed by atoms with Crippen LogP contribution in [0.4, 0.5) is 5.69 Å². The summed E-state index contributed by atoms with van der Waals surface area (Å²) in [4.78, 5) is 39.1. The summed E-state index contributed by atoms with van der Waals surface area (Å²) in [5.74, 6) is -1.32. The van der Waals surface area contributed by atoms with Gasteiger partial charge in [-0.15, -0.1) is 0 Å². The van der Waals surface area contributed by atoms with Crippen molar-refractivity contribution in [1.29, 1.82) is 0 Å². The zero-order valence-corrected chi connectivity index (χ0v) is 14.4. The molecule has 2 amide bonds. The number of nitrogens with zero attached hydrogens (tertiary/aromatic N) is 2. The van der Waals surface area contributed by atoms with E-state index >= 15 is 0 Å². The Labute approximate surface area is 140 Å². The third kappa shape index (κ3) is 4.09. The number of anilines is 1. The summed E-state index contributed by atoms with van der Waals surface area (Å²) in [6.45, 7) is 5.96. The van der Waals surface area contributed by atoms with Crippen LogP contribution in [0.5, 0.6) is 0 Å². The summed E-state index contributed by atoms with van der Waals surface area (Å²) in [7, 11) is 1.72. The number of carbonyl (C=O) groups excluding carboxylic acids is 3. The number of halogens is 1. The highest BCUT2D eigenvalue weighted by molar-refractivity contribution is 6.52. The van der Waals surface area contributed by atoms with Crippen molar-refractivity contribution < 1.29 is 14.4 Å². The lowest BCUT2D eigenvalue weighted by molar-refractivity contribution is -0.123. The Bertz CT molecular complexity index is 667. The standard InChI is InChI=1S/C16H20ClN3O3/c1-16(2,3)18-13(21)8-19(4)9-20-12-6-5-10(17)7-11(12)14(22)15(20)23/h5-7H,8-9H2,1-4H3,(H,18,21). The quantitative estimate of drug-likeness (QED) is 0.849.